The molecule has 6 heteroatoms. The Bertz CT molecular complexity index is 1140. The van der Waals surface area contributed by atoms with Gasteiger partial charge >= 0.3 is 0 Å². The van der Waals surface area contributed by atoms with E-state index in [1.165, 1.54) is 0 Å². The zero-order valence-electron chi connectivity index (χ0n) is 15.5. The number of carbonyl (C=O) groups excluding carboxylic acids is 1. The van der Waals surface area contributed by atoms with Gasteiger partial charge in [0.25, 0.3) is 5.91 Å². The number of hydrogen-bond acceptors (Lipinski definition) is 3. The van der Waals surface area contributed by atoms with Crippen LogP contribution in [-0.2, 0) is 6.54 Å². The highest BCUT2D eigenvalue weighted by molar-refractivity contribution is 5.98. The van der Waals surface area contributed by atoms with E-state index in [1.807, 2.05) is 59.6 Å². The highest BCUT2D eigenvalue weighted by atomic mass is 16.5. The summed E-state index contributed by atoms with van der Waals surface area (Å²) in [7, 11) is 1.66. The van der Waals surface area contributed by atoms with Gasteiger partial charge in [-0.05, 0) is 42.0 Å². The van der Waals surface area contributed by atoms with E-state index in [0.29, 0.717) is 18.7 Å². The molecule has 0 aliphatic carbocycles. The first-order valence-corrected chi connectivity index (χ1v) is 9.25. The Labute approximate surface area is 162 Å². The number of hydrogen-bond donors (Lipinski definition) is 2. The molecule has 5 rings (SSSR count). The van der Waals surface area contributed by atoms with Crippen LogP contribution in [0.3, 0.4) is 0 Å². The number of imidazole rings is 1. The van der Waals surface area contributed by atoms with Gasteiger partial charge in [-0.1, -0.05) is 12.1 Å². The fraction of sp³-hybridized carbons (Fsp3) is 0.182. The van der Waals surface area contributed by atoms with Crippen LogP contribution in [0.1, 0.15) is 33.2 Å². The number of methoxy groups -OCH3 is 1. The van der Waals surface area contributed by atoms with Crippen molar-refractivity contribution in [3.63, 3.8) is 0 Å². The average Bonchev–Trinajstić information content (AvgIpc) is 3.41. The minimum absolute atomic E-state index is 0.0286. The Morgan fingerprint density at radius 1 is 1.14 bits per heavy atom. The first-order chi connectivity index (χ1) is 13.7. The van der Waals surface area contributed by atoms with Crippen molar-refractivity contribution < 1.29 is 9.53 Å². The third kappa shape index (κ3) is 2.74. The lowest BCUT2D eigenvalue weighted by atomic mass is 9.90. The molecule has 3 heterocycles. The summed E-state index contributed by atoms with van der Waals surface area (Å²) in [5, 5.41) is 1.04. The van der Waals surface area contributed by atoms with Gasteiger partial charge in [-0.15, -0.1) is 0 Å². The van der Waals surface area contributed by atoms with Gasteiger partial charge in [0.2, 0.25) is 0 Å². The molecule has 1 amide bonds. The van der Waals surface area contributed by atoms with Crippen LogP contribution in [-0.4, -0.2) is 39.4 Å². The lowest BCUT2D eigenvalue weighted by Gasteiger charge is -2.32. The lowest BCUT2D eigenvalue weighted by Crippen LogP contribution is -2.38. The largest absolute Gasteiger partial charge is 0.497 e. The maximum atomic E-state index is 13.2. The molecule has 1 aliphatic heterocycles. The quantitative estimate of drug-likeness (QED) is 0.576. The van der Waals surface area contributed by atoms with Gasteiger partial charge in [-0.25, -0.2) is 4.98 Å². The monoisotopic (exact) mass is 372 g/mol. The van der Waals surface area contributed by atoms with Crippen LogP contribution in [0.4, 0.5) is 0 Å². The molecule has 0 fully saturated rings. The Balaban J connectivity index is 1.48. The molecule has 0 bridgehead atoms. The van der Waals surface area contributed by atoms with Gasteiger partial charge in [0.1, 0.15) is 5.75 Å². The van der Waals surface area contributed by atoms with Crippen molar-refractivity contribution in [2.75, 3.05) is 13.7 Å². The zero-order chi connectivity index (χ0) is 19.1. The molecule has 1 aliphatic rings. The van der Waals surface area contributed by atoms with E-state index in [-0.39, 0.29) is 11.8 Å². The summed E-state index contributed by atoms with van der Waals surface area (Å²) in [6, 6.07) is 15.7. The van der Waals surface area contributed by atoms with Crippen LogP contribution in [0, 0.1) is 0 Å². The molecular weight excluding hydrogens is 352 g/mol. The van der Waals surface area contributed by atoms with Crippen LogP contribution in [0.25, 0.3) is 10.9 Å². The molecule has 2 aromatic carbocycles. The normalized spacial score (nSPS) is 16.2. The maximum absolute atomic E-state index is 13.2. The van der Waals surface area contributed by atoms with Crippen molar-refractivity contribution in [1.82, 2.24) is 19.9 Å². The molecule has 6 nitrogen and oxygen atoms in total. The Kier molecular flexibility index (Phi) is 3.90. The number of benzene rings is 2. The fourth-order valence-corrected chi connectivity index (χ4v) is 3.94. The number of nitrogens with zero attached hydrogens (tertiary/aromatic N) is 2. The third-order valence-electron chi connectivity index (χ3n) is 5.44. The lowest BCUT2D eigenvalue weighted by molar-refractivity contribution is 0.0722. The summed E-state index contributed by atoms with van der Waals surface area (Å²) in [5.41, 5.74) is 4.84. The molecule has 0 saturated carbocycles. The topological polar surface area (TPSA) is 74.0 Å². The molecule has 1 atom stereocenters. The van der Waals surface area contributed by atoms with Gasteiger partial charge in [-0.2, -0.15) is 0 Å². The number of aromatic amines is 2. The molecule has 2 aromatic heterocycles. The summed E-state index contributed by atoms with van der Waals surface area (Å²) in [6.45, 7) is 1.13. The van der Waals surface area contributed by atoms with Crippen LogP contribution < -0.4 is 4.74 Å². The number of ether oxygens (including phenoxy) is 1. The molecule has 1 unspecified atom stereocenters. The smallest absolute Gasteiger partial charge is 0.254 e. The van der Waals surface area contributed by atoms with Gasteiger partial charge in [-0.3, -0.25) is 4.79 Å². The number of amides is 1. The van der Waals surface area contributed by atoms with Gasteiger partial charge < -0.3 is 19.6 Å². The first-order valence-electron chi connectivity index (χ1n) is 9.25. The standard InChI is InChI=1S/C22H20N4O2/c1-28-17-5-2-14(3-6-17)18-11-26(12-20-21(18)25-13-24-20)22(27)16-4-7-19-15(10-16)8-9-23-19/h2-10,13,18,23H,11-12H2,1H3,(H,24,25). The number of aromatic nitrogens is 3. The SMILES string of the molecule is COc1ccc(C2CN(C(=O)c3ccc4[nH]ccc4c3)Cc3[nH]cnc32)cc1. The molecular formula is C22H20N4O2. The summed E-state index contributed by atoms with van der Waals surface area (Å²) in [5.74, 6) is 0.872. The summed E-state index contributed by atoms with van der Waals surface area (Å²) in [6.07, 6.45) is 3.59. The van der Waals surface area contributed by atoms with Gasteiger partial charge in [0.15, 0.2) is 0 Å². The Morgan fingerprint density at radius 2 is 2.00 bits per heavy atom. The van der Waals surface area contributed by atoms with Crippen molar-refractivity contribution in [3.05, 3.63) is 83.6 Å². The van der Waals surface area contributed by atoms with Crippen molar-refractivity contribution in [3.8, 4) is 5.75 Å². The van der Waals surface area contributed by atoms with Gasteiger partial charge in [0, 0.05) is 35.1 Å². The maximum Gasteiger partial charge on any atom is 0.254 e. The second kappa shape index (κ2) is 6.56. The minimum Gasteiger partial charge on any atom is -0.497 e. The first kappa shape index (κ1) is 16.6. The van der Waals surface area contributed by atoms with E-state index < -0.39 is 0 Å². The zero-order valence-corrected chi connectivity index (χ0v) is 15.5. The van der Waals surface area contributed by atoms with E-state index in [2.05, 4.69) is 15.0 Å². The van der Waals surface area contributed by atoms with Gasteiger partial charge in [0.05, 0.1) is 31.4 Å². The van der Waals surface area contributed by atoms with Crippen LogP contribution in [0.2, 0.25) is 0 Å². The van der Waals surface area contributed by atoms with Crippen molar-refractivity contribution >= 4 is 16.8 Å². The molecule has 4 aromatic rings. The van der Waals surface area contributed by atoms with E-state index in [0.717, 1.165) is 33.6 Å². The number of carbonyl (C=O) groups is 1. The second-order valence-electron chi connectivity index (χ2n) is 7.06. The molecule has 2 N–H and O–H groups in total. The third-order valence-corrected chi connectivity index (χ3v) is 5.44. The highest BCUT2D eigenvalue weighted by Gasteiger charge is 2.31. The summed E-state index contributed by atoms with van der Waals surface area (Å²) < 4.78 is 5.27. The average molecular weight is 372 g/mol. The van der Waals surface area contributed by atoms with Crippen molar-refractivity contribution in [2.45, 2.75) is 12.5 Å². The Hall–Kier alpha value is -3.54. The number of rotatable bonds is 3. The fourth-order valence-electron chi connectivity index (χ4n) is 3.94. The van der Waals surface area contributed by atoms with Crippen LogP contribution in [0.5, 0.6) is 5.75 Å². The van der Waals surface area contributed by atoms with E-state index in [1.54, 1.807) is 13.4 Å². The predicted molar refractivity (Wildman–Crippen MR) is 106 cm³/mol. The number of H-pyrrole nitrogens is 2. The minimum atomic E-state index is 0.0286. The van der Waals surface area contributed by atoms with E-state index in [4.69, 9.17) is 4.74 Å². The molecule has 140 valence electrons. The molecule has 28 heavy (non-hydrogen) atoms. The second-order valence-corrected chi connectivity index (χ2v) is 7.06. The van der Waals surface area contributed by atoms with Crippen LogP contribution >= 0.6 is 0 Å². The predicted octanol–water partition coefficient (Wildman–Crippen LogP) is 3.69. The molecule has 0 spiro atoms. The molecule has 0 saturated heterocycles. The Morgan fingerprint density at radius 3 is 2.82 bits per heavy atom. The number of nitrogens with one attached hydrogen (secondary N) is 2. The van der Waals surface area contributed by atoms with Crippen molar-refractivity contribution in [2.24, 2.45) is 0 Å². The van der Waals surface area contributed by atoms with E-state index >= 15 is 0 Å². The van der Waals surface area contributed by atoms with E-state index in [9.17, 15) is 4.79 Å². The highest BCUT2D eigenvalue weighted by Crippen LogP contribution is 2.33. The number of fused-ring (bicyclic) bond motifs is 2. The van der Waals surface area contributed by atoms with Crippen molar-refractivity contribution in [1.29, 1.82) is 0 Å². The summed E-state index contributed by atoms with van der Waals surface area (Å²) >= 11 is 0. The van der Waals surface area contributed by atoms with Crippen LogP contribution in [0.15, 0.2) is 61.1 Å². The summed E-state index contributed by atoms with van der Waals surface area (Å²) in [4.78, 5) is 26.0. The molecule has 0 radical (unpaired) electrons.